The van der Waals surface area contributed by atoms with Gasteiger partial charge in [0.05, 0.1) is 0 Å². The highest BCUT2D eigenvalue weighted by molar-refractivity contribution is 7.99. The Morgan fingerprint density at radius 2 is 2.00 bits per heavy atom. The molecule has 0 saturated heterocycles. The normalized spacial score (nSPS) is 24.9. The Morgan fingerprint density at radius 1 is 1.27 bits per heavy atom. The predicted octanol–water partition coefficient (Wildman–Crippen LogP) is 1.86. The number of hydrogen-bond acceptors (Lipinski definition) is 3. The summed E-state index contributed by atoms with van der Waals surface area (Å²) >= 11 is 1.90. The zero-order chi connectivity index (χ0) is 10.5. The van der Waals surface area contributed by atoms with Crippen molar-refractivity contribution < 1.29 is 0 Å². The van der Waals surface area contributed by atoms with E-state index in [0.29, 0.717) is 12.1 Å². The highest BCUT2D eigenvalue weighted by atomic mass is 32.2. The van der Waals surface area contributed by atoms with Crippen molar-refractivity contribution in [2.75, 3.05) is 12.3 Å². The Hall–Kier alpha value is -0.510. The summed E-state index contributed by atoms with van der Waals surface area (Å²) in [6.45, 7) is 1.08. The molecule has 1 saturated carbocycles. The summed E-state index contributed by atoms with van der Waals surface area (Å²) < 4.78 is 0. The van der Waals surface area contributed by atoms with Gasteiger partial charge < -0.3 is 11.1 Å². The van der Waals surface area contributed by atoms with Crippen LogP contribution < -0.4 is 11.1 Å². The first-order chi connectivity index (χ1) is 7.34. The van der Waals surface area contributed by atoms with Gasteiger partial charge in [0.25, 0.3) is 0 Å². The first kappa shape index (κ1) is 11.0. The SMILES string of the molecule is NC1CC(NCCSc2ccccc2)C1. The van der Waals surface area contributed by atoms with Crippen LogP contribution in [-0.2, 0) is 0 Å². The lowest BCUT2D eigenvalue weighted by Gasteiger charge is -2.33. The Bertz CT molecular complexity index is 283. The molecule has 3 N–H and O–H groups in total. The number of thioether (sulfide) groups is 1. The topological polar surface area (TPSA) is 38.0 Å². The molecule has 0 spiro atoms. The molecule has 0 aromatic heterocycles. The van der Waals surface area contributed by atoms with Gasteiger partial charge in [0, 0.05) is 29.3 Å². The average molecular weight is 222 g/mol. The van der Waals surface area contributed by atoms with Gasteiger partial charge in [0.15, 0.2) is 0 Å². The largest absolute Gasteiger partial charge is 0.328 e. The van der Waals surface area contributed by atoms with Gasteiger partial charge in [-0.25, -0.2) is 0 Å². The van der Waals surface area contributed by atoms with Crippen molar-refractivity contribution >= 4 is 11.8 Å². The average Bonchev–Trinajstić information content (AvgIpc) is 2.23. The summed E-state index contributed by atoms with van der Waals surface area (Å²) in [4.78, 5) is 1.35. The van der Waals surface area contributed by atoms with Crippen LogP contribution in [0.5, 0.6) is 0 Å². The van der Waals surface area contributed by atoms with Crippen LogP contribution >= 0.6 is 11.8 Å². The second-order valence-corrected chi connectivity index (χ2v) is 5.21. The van der Waals surface area contributed by atoms with Crippen LogP contribution in [0.15, 0.2) is 35.2 Å². The number of nitrogens with two attached hydrogens (primary N) is 1. The van der Waals surface area contributed by atoms with Gasteiger partial charge in [-0.3, -0.25) is 0 Å². The van der Waals surface area contributed by atoms with Crippen molar-refractivity contribution in [3.8, 4) is 0 Å². The van der Waals surface area contributed by atoms with Gasteiger partial charge in [-0.15, -0.1) is 11.8 Å². The third-order valence-electron chi connectivity index (χ3n) is 2.72. The third-order valence-corrected chi connectivity index (χ3v) is 3.74. The molecule has 2 nitrogen and oxygen atoms in total. The summed E-state index contributed by atoms with van der Waals surface area (Å²) in [5, 5.41) is 3.52. The molecular weight excluding hydrogens is 204 g/mol. The van der Waals surface area contributed by atoms with E-state index in [0.717, 1.165) is 25.1 Å². The standard InChI is InChI=1S/C12H18N2S/c13-10-8-11(9-10)14-6-7-15-12-4-2-1-3-5-12/h1-5,10-11,14H,6-9,13H2. The molecule has 0 aliphatic heterocycles. The van der Waals surface area contributed by atoms with Crippen LogP contribution in [0.25, 0.3) is 0 Å². The minimum Gasteiger partial charge on any atom is -0.328 e. The van der Waals surface area contributed by atoms with Crippen LogP contribution in [0.2, 0.25) is 0 Å². The molecule has 0 unspecified atom stereocenters. The minimum atomic E-state index is 0.448. The van der Waals surface area contributed by atoms with Crippen LogP contribution in [0, 0.1) is 0 Å². The van der Waals surface area contributed by atoms with Crippen LogP contribution in [-0.4, -0.2) is 24.4 Å². The maximum atomic E-state index is 5.72. The van der Waals surface area contributed by atoms with Gasteiger partial charge in [-0.2, -0.15) is 0 Å². The number of hydrogen-bond donors (Lipinski definition) is 2. The molecule has 1 aliphatic rings. The molecule has 3 heteroatoms. The highest BCUT2D eigenvalue weighted by Crippen LogP contribution is 2.19. The molecule has 82 valence electrons. The quantitative estimate of drug-likeness (QED) is 0.590. The molecule has 1 aromatic carbocycles. The van der Waals surface area contributed by atoms with E-state index in [1.807, 2.05) is 11.8 Å². The first-order valence-electron chi connectivity index (χ1n) is 5.51. The van der Waals surface area contributed by atoms with Crippen molar-refractivity contribution in [2.45, 2.75) is 29.8 Å². The van der Waals surface area contributed by atoms with Gasteiger partial charge in [-0.1, -0.05) is 18.2 Å². The lowest BCUT2D eigenvalue weighted by Crippen LogP contribution is -2.48. The number of benzene rings is 1. The Morgan fingerprint density at radius 3 is 2.67 bits per heavy atom. The monoisotopic (exact) mass is 222 g/mol. The molecule has 0 bridgehead atoms. The van der Waals surface area contributed by atoms with Crippen LogP contribution in [0.4, 0.5) is 0 Å². The molecular formula is C12H18N2S. The number of nitrogens with one attached hydrogen (secondary N) is 1. The predicted molar refractivity (Wildman–Crippen MR) is 66.2 cm³/mol. The molecule has 0 amide bonds. The minimum absolute atomic E-state index is 0.448. The molecule has 1 fully saturated rings. The first-order valence-corrected chi connectivity index (χ1v) is 6.50. The van der Waals surface area contributed by atoms with E-state index >= 15 is 0 Å². The fourth-order valence-corrected chi connectivity index (χ4v) is 2.58. The molecule has 0 atom stereocenters. The molecule has 0 radical (unpaired) electrons. The van der Waals surface area contributed by atoms with Crippen molar-refractivity contribution in [1.29, 1.82) is 0 Å². The lowest BCUT2D eigenvalue weighted by molar-refractivity contribution is 0.298. The van der Waals surface area contributed by atoms with E-state index in [-0.39, 0.29) is 0 Å². The Balaban J connectivity index is 1.56. The van der Waals surface area contributed by atoms with E-state index < -0.39 is 0 Å². The zero-order valence-electron chi connectivity index (χ0n) is 8.86. The Labute approximate surface area is 95.6 Å². The van der Waals surface area contributed by atoms with Gasteiger partial charge >= 0.3 is 0 Å². The maximum Gasteiger partial charge on any atom is 0.0106 e. The van der Waals surface area contributed by atoms with E-state index in [4.69, 9.17) is 5.73 Å². The van der Waals surface area contributed by atoms with E-state index in [2.05, 4.69) is 35.6 Å². The van der Waals surface area contributed by atoms with Crippen LogP contribution in [0.1, 0.15) is 12.8 Å². The summed E-state index contributed by atoms with van der Waals surface area (Å²) in [5.74, 6) is 1.13. The van der Waals surface area contributed by atoms with Gasteiger partial charge in [0.1, 0.15) is 0 Å². The van der Waals surface area contributed by atoms with Gasteiger partial charge in [0.2, 0.25) is 0 Å². The Kier molecular flexibility index (Phi) is 4.06. The second-order valence-electron chi connectivity index (χ2n) is 4.04. The van der Waals surface area contributed by atoms with E-state index in [9.17, 15) is 0 Å². The smallest absolute Gasteiger partial charge is 0.0106 e. The molecule has 2 rings (SSSR count). The van der Waals surface area contributed by atoms with Crippen molar-refractivity contribution in [1.82, 2.24) is 5.32 Å². The lowest BCUT2D eigenvalue weighted by atomic mass is 9.88. The highest BCUT2D eigenvalue weighted by Gasteiger charge is 2.24. The summed E-state index contributed by atoms with van der Waals surface area (Å²) in [5.41, 5.74) is 5.72. The molecule has 0 heterocycles. The summed E-state index contributed by atoms with van der Waals surface area (Å²) in [7, 11) is 0. The van der Waals surface area contributed by atoms with E-state index in [1.54, 1.807) is 0 Å². The molecule has 1 aliphatic carbocycles. The summed E-state index contributed by atoms with van der Waals surface area (Å²) in [6, 6.07) is 11.7. The van der Waals surface area contributed by atoms with Gasteiger partial charge in [-0.05, 0) is 25.0 Å². The number of rotatable bonds is 5. The fourth-order valence-electron chi connectivity index (χ4n) is 1.78. The fraction of sp³-hybridized carbons (Fsp3) is 0.500. The van der Waals surface area contributed by atoms with Crippen LogP contribution in [0.3, 0.4) is 0 Å². The molecule has 15 heavy (non-hydrogen) atoms. The third kappa shape index (κ3) is 3.52. The second kappa shape index (κ2) is 5.54. The zero-order valence-corrected chi connectivity index (χ0v) is 9.67. The van der Waals surface area contributed by atoms with Crippen molar-refractivity contribution in [3.63, 3.8) is 0 Å². The summed E-state index contributed by atoms with van der Waals surface area (Å²) in [6.07, 6.45) is 2.30. The van der Waals surface area contributed by atoms with Crippen molar-refractivity contribution in [3.05, 3.63) is 30.3 Å². The molecule has 1 aromatic rings. The van der Waals surface area contributed by atoms with Crippen molar-refractivity contribution in [2.24, 2.45) is 5.73 Å². The maximum absolute atomic E-state index is 5.72. The van der Waals surface area contributed by atoms with E-state index in [1.165, 1.54) is 4.90 Å².